The standard InChI is InChI=1S/C23H30ClN3O3S/c1-17-11-12-18(15-22(17)31(29,30)27-13-7-4-8-14-27)23(28)25-16-21(26(2)3)19-9-5-6-10-20(19)24/h5-6,9-12,15,21H,4,7-8,13-14,16H2,1-3H3,(H,25,28). The number of hydrogen-bond donors (Lipinski definition) is 1. The summed E-state index contributed by atoms with van der Waals surface area (Å²) in [5.41, 5.74) is 1.90. The molecule has 0 bridgehead atoms. The summed E-state index contributed by atoms with van der Waals surface area (Å²) >= 11 is 6.35. The summed E-state index contributed by atoms with van der Waals surface area (Å²) in [6.07, 6.45) is 2.78. The number of carbonyl (C=O) groups is 1. The fourth-order valence-corrected chi connectivity index (χ4v) is 5.90. The number of halogens is 1. The fraction of sp³-hybridized carbons (Fsp3) is 0.435. The molecule has 1 aliphatic rings. The van der Waals surface area contributed by atoms with E-state index in [1.807, 2.05) is 43.3 Å². The predicted molar refractivity (Wildman–Crippen MR) is 124 cm³/mol. The van der Waals surface area contributed by atoms with E-state index in [0.29, 0.717) is 35.8 Å². The highest BCUT2D eigenvalue weighted by atomic mass is 35.5. The van der Waals surface area contributed by atoms with Gasteiger partial charge in [-0.25, -0.2) is 8.42 Å². The van der Waals surface area contributed by atoms with Crippen molar-refractivity contribution in [1.82, 2.24) is 14.5 Å². The van der Waals surface area contributed by atoms with Crippen molar-refractivity contribution >= 4 is 27.5 Å². The van der Waals surface area contributed by atoms with Gasteiger partial charge in [-0.05, 0) is 63.2 Å². The van der Waals surface area contributed by atoms with Gasteiger partial charge in [0.05, 0.1) is 10.9 Å². The Labute approximate surface area is 190 Å². The molecular weight excluding hydrogens is 434 g/mol. The summed E-state index contributed by atoms with van der Waals surface area (Å²) in [5, 5.41) is 3.58. The van der Waals surface area contributed by atoms with E-state index in [1.165, 1.54) is 10.4 Å². The molecule has 6 nitrogen and oxygen atoms in total. The molecule has 1 unspecified atom stereocenters. The van der Waals surface area contributed by atoms with Gasteiger partial charge in [0.2, 0.25) is 10.0 Å². The van der Waals surface area contributed by atoms with E-state index in [-0.39, 0.29) is 16.8 Å². The van der Waals surface area contributed by atoms with Crippen LogP contribution in [0.4, 0.5) is 0 Å². The van der Waals surface area contributed by atoms with Crippen molar-refractivity contribution in [2.24, 2.45) is 0 Å². The van der Waals surface area contributed by atoms with Gasteiger partial charge in [-0.1, -0.05) is 42.3 Å². The highest BCUT2D eigenvalue weighted by Crippen LogP contribution is 2.26. The van der Waals surface area contributed by atoms with Gasteiger partial charge in [-0.2, -0.15) is 4.31 Å². The van der Waals surface area contributed by atoms with Crippen LogP contribution in [0.3, 0.4) is 0 Å². The lowest BCUT2D eigenvalue weighted by molar-refractivity contribution is 0.0941. The first-order valence-electron chi connectivity index (χ1n) is 10.5. The van der Waals surface area contributed by atoms with Gasteiger partial charge >= 0.3 is 0 Å². The van der Waals surface area contributed by atoms with E-state index in [2.05, 4.69) is 5.32 Å². The maximum atomic E-state index is 13.1. The Morgan fingerprint density at radius 3 is 2.45 bits per heavy atom. The van der Waals surface area contributed by atoms with Gasteiger partial charge < -0.3 is 10.2 Å². The van der Waals surface area contributed by atoms with E-state index < -0.39 is 10.0 Å². The third-order valence-corrected chi connectivity index (χ3v) is 8.11. The zero-order valence-corrected chi connectivity index (χ0v) is 19.8. The molecule has 1 saturated heterocycles. The van der Waals surface area contributed by atoms with Crippen molar-refractivity contribution < 1.29 is 13.2 Å². The second-order valence-electron chi connectivity index (χ2n) is 8.16. The van der Waals surface area contributed by atoms with Crippen LogP contribution in [0.5, 0.6) is 0 Å². The molecule has 0 radical (unpaired) electrons. The number of nitrogens with zero attached hydrogens (tertiary/aromatic N) is 2. The second-order valence-corrected chi connectivity index (χ2v) is 10.5. The van der Waals surface area contributed by atoms with E-state index in [1.54, 1.807) is 19.1 Å². The molecule has 2 aromatic rings. The van der Waals surface area contributed by atoms with Crippen LogP contribution in [0.2, 0.25) is 5.02 Å². The van der Waals surface area contributed by atoms with E-state index in [9.17, 15) is 13.2 Å². The first-order valence-corrected chi connectivity index (χ1v) is 12.3. The number of likely N-dealkylation sites (N-methyl/N-ethyl adjacent to an activating group) is 1. The number of benzene rings is 2. The number of carbonyl (C=O) groups excluding carboxylic acids is 1. The van der Waals surface area contributed by atoms with Crippen LogP contribution >= 0.6 is 11.6 Å². The summed E-state index contributed by atoms with van der Waals surface area (Å²) in [6, 6.07) is 12.3. The number of nitrogens with one attached hydrogen (secondary N) is 1. The third kappa shape index (κ3) is 5.47. The maximum absolute atomic E-state index is 13.1. The van der Waals surface area contributed by atoms with Crippen LogP contribution < -0.4 is 5.32 Å². The molecule has 1 N–H and O–H groups in total. The molecule has 8 heteroatoms. The summed E-state index contributed by atoms with van der Waals surface area (Å²) in [5.74, 6) is -0.311. The average molecular weight is 464 g/mol. The molecule has 0 aromatic heterocycles. The van der Waals surface area contributed by atoms with Crippen molar-refractivity contribution in [3.05, 3.63) is 64.2 Å². The summed E-state index contributed by atoms with van der Waals surface area (Å²) in [6.45, 7) is 3.16. The molecule has 0 spiro atoms. The predicted octanol–water partition coefficient (Wildman–Crippen LogP) is 3.86. The van der Waals surface area contributed by atoms with Crippen molar-refractivity contribution in [2.45, 2.75) is 37.1 Å². The lowest BCUT2D eigenvalue weighted by atomic mass is 10.1. The minimum atomic E-state index is -3.61. The Kier molecular flexibility index (Phi) is 7.75. The monoisotopic (exact) mass is 463 g/mol. The molecule has 1 atom stereocenters. The van der Waals surface area contributed by atoms with Crippen LogP contribution in [0.25, 0.3) is 0 Å². The van der Waals surface area contributed by atoms with Crippen molar-refractivity contribution in [2.75, 3.05) is 33.7 Å². The number of amides is 1. The average Bonchev–Trinajstić information content (AvgIpc) is 2.75. The fourth-order valence-electron chi connectivity index (χ4n) is 3.87. The Morgan fingerprint density at radius 1 is 1.13 bits per heavy atom. The Bertz CT molecular complexity index is 1030. The number of aryl methyl sites for hydroxylation is 1. The van der Waals surface area contributed by atoms with Crippen LogP contribution in [-0.4, -0.2) is 57.3 Å². The van der Waals surface area contributed by atoms with Crippen LogP contribution in [0, 0.1) is 6.92 Å². The van der Waals surface area contributed by atoms with Gasteiger partial charge in [-0.15, -0.1) is 0 Å². The molecule has 3 rings (SSSR count). The molecule has 1 heterocycles. The largest absolute Gasteiger partial charge is 0.350 e. The number of piperidine rings is 1. The lowest BCUT2D eigenvalue weighted by Gasteiger charge is -2.27. The minimum Gasteiger partial charge on any atom is -0.350 e. The zero-order valence-electron chi connectivity index (χ0n) is 18.3. The molecule has 1 fully saturated rings. The summed E-state index contributed by atoms with van der Waals surface area (Å²) < 4.78 is 27.8. The molecule has 2 aromatic carbocycles. The zero-order chi connectivity index (χ0) is 22.6. The molecular formula is C23H30ClN3O3S. The van der Waals surface area contributed by atoms with E-state index >= 15 is 0 Å². The maximum Gasteiger partial charge on any atom is 0.251 e. The first-order chi connectivity index (χ1) is 14.7. The lowest BCUT2D eigenvalue weighted by Crippen LogP contribution is -2.36. The highest BCUT2D eigenvalue weighted by Gasteiger charge is 2.28. The van der Waals surface area contributed by atoms with Gasteiger partial charge in [0.25, 0.3) is 5.91 Å². The third-order valence-electron chi connectivity index (χ3n) is 5.73. The highest BCUT2D eigenvalue weighted by molar-refractivity contribution is 7.89. The Morgan fingerprint density at radius 2 is 1.81 bits per heavy atom. The van der Waals surface area contributed by atoms with Crippen LogP contribution in [0.15, 0.2) is 47.4 Å². The molecule has 31 heavy (non-hydrogen) atoms. The summed E-state index contributed by atoms with van der Waals surface area (Å²) in [7, 11) is 0.237. The van der Waals surface area contributed by atoms with E-state index in [4.69, 9.17) is 11.6 Å². The second kappa shape index (κ2) is 10.1. The van der Waals surface area contributed by atoms with Crippen LogP contribution in [0.1, 0.15) is 46.8 Å². The van der Waals surface area contributed by atoms with Crippen molar-refractivity contribution in [3.63, 3.8) is 0 Å². The smallest absolute Gasteiger partial charge is 0.251 e. The van der Waals surface area contributed by atoms with Crippen molar-refractivity contribution in [3.8, 4) is 0 Å². The molecule has 1 amide bonds. The number of rotatable bonds is 7. The minimum absolute atomic E-state index is 0.111. The van der Waals surface area contributed by atoms with Crippen LogP contribution in [-0.2, 0) is 10.0 Å². The van der Waals surface area contributed by atoms with Gasteiger partial charge in [-0.3, -0.25) is 4.79 Å². The molecule has 1 aliphatic heterocycles. The molecule has 0 aliphatic carbocycles. The van der Waals surface area contributed by atoms with Gasteiger partial charge in [0, 0.05) is 30.2 Å². The Hall–Kier alpha value is -1.93. The quantitative estimate of drug-likeness (QED) is 0.677. The molecule has 168 valence electrons. The molecule has 0 saturated carbocycles. The van der Waals surface area contributed by atoms with Gasteiger partial charge in [0.1, 0.15) is 0 Å². The van der Waals surface area contributed by atoms with Crippen molar-refractivity contribution in [1.29, 1.82) is 0 Å². The Balaban J connectivity index is 1.79. The normalized spacial score (nSPS) is 16.3. The van der Waals surface area contributed by atoms with Gasteiger partial charge in [0.15, 0.2) is 0 Å². The topological polar surface area (TPSA) is 69.7 Å². The number of sulfonamides is 1. The first kappa shape index (κ1) is 23.7. The summed E-state index contributed by atoms with van der Waals surface area (Å²) in [4.78, 5) is 15.1. The number of hydrogen-bond acceptors (Lipinski definition) is 4. The van der Waals surface area contributed by atoms with E-state index in [0.717, 1.165) is 24.8 Å². The SMILES string of the molecule is Cc1ccc(C(=O)NCC(c2ccccc2Cl)N(C)C)cc1S(=O)(=O)N1CCCCC1.